The van der Waals surface area contributed by atoms with E-state index in [1.807, 2.05) is 6.07 Å². The number of thioether (sulfide) groups is 1. The van der Waals surface area contributed by atoms with Gasteiger partial charge in [-0.2, -0.15) is 0 Å². The zero-order valence-corrected chi connectivity index (χ0v) is 16.0. The summed E-state index contributed by atoms with van der Waals surface area (Å²) in [5.74, 6) is 0.00962. The Labute approximate surface area is 155 Å². The Hall–Kier alpha value is -1.40. The lowest BCUT2D eigenvalue weighted by molar-refractivity contribution is -0.117. The predicted molar refractivity (Wildman–Crippen MR) is 105 cm³/mol. The van der Waals surface area contributed by atoms with Crippen LogP contribution in [0.4, 0.5) is 0 Å². The number of nitrogens with one attached hydrogen (secondary N) is 3. The molecule has 2 heterocycles. The van der Waals surface area contributed by atoms with Gasteiger partial charge in [-0.05, 0) is 24.5 Å². The van der Waals surface area contributed by atoms with Crippen LogP contribution in [0.25, 0.3) is 10.9 Å². The van der Waals surface area contributed by atoms with Crippen molar-refractivity contribution in [2.45, 2.75) is 42.9 Å². The average Bonchev–Trinajstić information content (AvgIpc) is 3.19. The van der Waals surface area contributed by atoms with Gasteiger partial charge in [-0.1, -0.05) is 65.7 Å². The van der Waals surface area contributed by atoms with Crippen molar-refractivity contribution in [1.29, 1.82) is 0 Å². The molecule has 0 aliphatic carbocycles. The van der Waals surface area contributed by atoms with Gasteiger partial charge in [0.1, 0.15) is 4.28 Å². The molecule has 1 aliphatic heterocycles. The molecule has 2 unspecified atom stereocenters. The highest BCUT2D eigenvalue weighted by Crippen LogP contribution is 2.29. The van der Waals surface area contributed by atoms with Gasteiger partial charge in [-0.15, -0.1) is 0 Å². The first-order valence-electron chi connectivity index (χ1n) is 8.30. The Kier molecular flexibility index (Phi) is 5.89. The third-order valence-electron chi connectivity index (χ3n) is 4.18. The van der Waals surface area contributed by atoms with Gasteiger partial charge in [-0.3, -0.25) is 4.79 Å². The maximum Gasteiger partial charge on any atom is 0.259 e. The standard InChI is InChI=1S/C18H22BrN3OS/c1-2-3-6-13(22-17(23)16-11-21-18(19)24-16)9-12-10-20-15-8-5-4-7-14(12)15/h4-5,7-8,10-11,13,18,20-21H,2-3,6,9H2,1H3,(H,22,23). The van der Waals surface area contributed by atoms with Crippen molar-refractivity contribution in [3.8, 4) is 0 Å². The number of aromatic amines is 1. The van der Waals surface area contributed by atoms with Gasteiger partial charge in [0.15, 0.2) is 0 Å². The van der Waals surface area contributed by atoms with Crippen LogP contribution >= 0.6 is 27.7 Å². The molecule has 0 bridgehead atoms. The molecular formula is C18H22BrN3OS. The van der Waals surface area contributed by atoms with E-state index < -0.39 is 0 Å². The molecule has 1 aromatic carbocycles. The molecule has 6 heteroatoms. The lowest BCUT2D eigenvalue weighted by Crippen LogP contribution is -2.36. The Morgan fingerprint density at radius 2 is 2.25 bits per heavy atom. The maximum absolute atomic E-state index is 12.5. The second kappa shape index (κ2) is 8.12. The van der Waals surface area contributed by atoms with E-state index in [1.54, 1.807) is 6.20 Å². The first kappa shape index (κ1) is 17.4. The molecule has 2 atom stereocenters. The van der Waals surface area contributed by atoms with Crippen LogP contribution in [0.3, 0.4) is 0 Å². The van der Waals surface area contributed by atoms with Crippen LogP contribution < -0.4 is 10.6 Å². The summed E-state index contributed by atoms with van der Waals surface area (Å²) in [6, 6.07) is 8.45. The number of carbonyl (C=O) groups excluding carboxylic acids is 1. The number of fused-ring (bicyclic) bond motifs is 1. The number of alkyl halides is 1. The van der Waals surface area contributed by atoms with E-state index in [0.29, 0.717) is 0 Å². The predicted octanol–water partition coefficient (Wildman–Crippen LogP) is 4.24. The summed E-state index contributed by atoms with van der Waals surface area (Å²) in [7, 11) is 0. The number of unbranched alkanes of at least 4 members (excludes halogenated alkanes) is 1. The van der Waals surface area contributed by atoms with Crippen molar-refractivity contribution in [1.82, 2.24) is 15.6 Å². The fourth-order valence-corrected chi connectivity index (χ4v) is 4.34. The molecule has 1 amide bonds. The van der Waals surface area contributed by atoms with Crippen LogP contribution in [-0.2, 0) is 11.2 Å². The van der Waals surface area contributed by atoms with Crippen LogP contribution in [0.5, 0.6) is 0 Å². The normalized spacial score (nSPS) is 18.2. The summed E-state index contributed by atoms with van der Waals surface area (Å²) in [6.45, 7) is 2.18. The molecule has 4 nitrogen and oxygen atoms in total. The minimum absolute atomic E-state index is 0.00962. The Bertz CT molecular complexity index is 743. The first-order valence-corrected chi connectivity index (χ1v) is 10.1. The van der Waals surface area contributed by atoms with Gasteiger partial charge in [0.05, 0.1) is 4.91 Å². The van der Waals surface area contributed by atoms with Gasteiger partial charge < -0.3 is 15.6 Å². The topological polar surface area (TPSA) is 56.9 Å². The van der Waals surface area contributed by atoms with Crippen molar-refractivity contribution < 1.29 is 4.79 Å². The smallest absolute Gasteiger partial charge is 0.259 e. The lowest BCUT2D eigenvalue weighted by atomic mass is 10.0. The monoisotopic (exact) mass is 407 g/mol. The van der Waals surface area contributed by atoms with Crippen LogP contribution in [0.15, 0.2) is 41.6 Å². The molecule has 0 saturated carbocycles. The summed E-state index contributed by atoms with van der Waals surface area (Å²) < 4.78 is 0.0842. The van der Waals surface area contributed by atoms with E-state index in [0.717, 1.165) is 36.1 Å². The van der Waals surface area contributed by atoms with Gasteiger partial charge in [0.2, 0.25) is 0 Å². The van der Waals surface area contributed by atoms with E-state index in [2.05, 4.69) is 62.9 Å². The number of para-hydroxylation sites is 1. The highest BCUT2D eigenvalue weighted by Gasteiger charge is 2.23. The third kappa shape index (κ3) is 4.16. The van der Waals surface area contributed by atoms with E-state index in [9.17, 15) is 4.79 Å². The molecule has 0 fully saturated rings. The second-order valence-electron chi connectivity index (χ2n) is 5.99. The number of H-pyrrole nitrogens is 1. The quantitative estimate of drug-likeness (QED) is 0.475. The SMILES string of the molecule is CCCCC(Cc1c[nH]c2ccccc12)NC(=O)C1=CNC(Br)S1. The Morgan fingerprint density at radius 3 is 3.00 bits per heavy atom. The van der Waals surface area contributed by atoms with E-state index in [4.69, 9.17) is 0 Å². The number of hydrogen-bond acceptors (Lipinski definition) is 3. The molecule has 3 N–H and O–H groups in total. The molecule has 3 rings (SSSR count). The van der Waals surface area contributed by atoms with E-state index >= 15 is 0 Å². The number of benzene rings is 1. The largest absolute Gasteiger partial charge is 0.369 e. The van der Waals surface area contributed by atoms with Crippen LogP contribution in [0, 0.1) is 0 Å². The van der Waals surface area contributed by atoms with Gasteiger partial charge in [0.25, 0.3) is 5.91 Å². The third-order valence-corrected chi connectivity index (χ3v) is 5.91. The van der Waals surface area contributed by atoms with Crippen LogP contribution in [0.1, 0.15) is 31.7 Å². The summed E-state index contributed by atoms with van der Waals surface area (Å²) >= 11 is 4.94. The summed E-state index contributed by atoms with van der Waals surface area (Å²) in [6.07, 6.45) is 7.92. The lowest BCUT2D eigenvalue weighted by Gasteiger charge is -2.18. The zero-order valence-electron chi connectivity index (χ0n) is 13.6. The maximum atomic E-state index is 12.5. The van der Waals surface area contributed by atoms with Gasteiger partial charge in [0, 0.05) is 29.3 Å². The van der Waals surface area contributed by atoms with Crippen molar-refractivity contribution in [2.24, 2.45) is 0 Å². The van der Waals surface area contributed by atoms with Crippen molar-refractivity contribution in [3.05, 3.63) is 47.1 Å². The minimum atomic E-state index is 0.00962. The Balaban J connectivity index is 1.70. The molecular weight excluding hydrogens is 386 g/mol. The van der Waals surface area contributed by atoms with E-state index in [1.165, 1.54) is 22.7 Å². The van der Waals surface area contributed by atoms with Crippen LogP contribution in [0.2, 0.25) is 0 Å². The molecule has 0 spiro atoms. The highest BCUT2D eigenvalue weighted by molar-refractivity contribution is 9.11. The Morgan fingerprint density at radius 1 is 1.42 bits per heavy atom. The first-order chi connectivity index (χ1) is 11.7. The fourth-order valence-electron chi connectivity index (χ4n) is 2.94. The molecule has 1 aliphatic rings. The fraction of sp³-hybridized carbons (Fsp3) is 0.389. The average molecular weight is 408 g/mol. The van der Waals surface area contributed by atoms with Crippen molar-refractivity contribution in [3.63, 3.8) is 0 Å². The molecule has 2 aromatic rings. The highest BCUT2D eigenvalue weighted by atomic mass is 79.9. The van der Waals surface area contributed by atoms with E-state index in [-0.39, 0.29) is 16.2 Å². The number of rotatable bonds is 7. The number of aromatic nitrogens is 1. The van der Waals surface area contributed by atoms with Gasteiger partial charge in [-0.25, -0.2) is 0 Å². The minimum Gasteiger partial charge on any atom is -0.369 e. The van der Waals surface area contributed by atoms with Crippen LogP contribution in [-0.4, -0.2) is 21.2 Å². The number of amides is 1. The molecule has 0 radical (unpaired) electrons. The second-order valence-corrected chi connectivity index (χ2v) is 8.65. The van der Waals surface area contributed by atoms with Gasteiger partial charge >= 0.3 is 0 Å². The van der Waals surface area contributed by atoms with Crippen molar-refractivity contribution in [2.75, 3.05) is 0 Å². The number of carbonyl (C=O) groups is 1. The molecule has 24 heavy (non-hydrogen) atoms. The summed E-state index contributed by atoms with van der Waals surface area (Å²) in [5.41, 5.74) is 2.41. The summed E-state index contributed by atoms with van der Waals surface area (Å²) in [4.78, 5) is 16.5. The molecule has 1 aromatic heterocycles. The number of hydrogen-bond donors (Lipinski definition) is 3. The number of halogens is 1. The van der Waals surface area contributed by atoms with Crippen molar-refractivity contribution >= 4 is 44.5 Å². The molecule has 0 saturated heterocycles. The molecule has 128 valence electrons. The zero-order chi connectivity index (χ0) is 16.9. The summed E-state index contributed by atoms with van der Waals surface area (Å²) in [5, 5.41) is 7.54.